The van der Waals surface area contributed by atoms with Gasteiger partial charge >= 0.3 is 6.03 Å². The molecule has 0 aromatic heterocycles. The van der Waals surface area contributed by atoms with Gasteiger partial charge in [0.05, 0.1) is 5.71 Å². The van der Waals surface area contributed by atoms with Crippen LogP contribution in [0, 0.1) is 0 Å². The monoisotopic (exact) mass is 268 g/mol. The predicted octanol–water partition coefficient (Wildman–Crippen LogP) is 2.81. The maximum absolute atomic E-state index is 11.7. The summed E-state index contributed by atoms with van der Waals surface area (Å²) >= 11 is 0. The number of amides is 2. The molecule has 4 N–H and O–H groups in total. The van der Waals surface area contributed by atoms with Crippen molar-refractivity contribution in [1.82, 2.24) is 5.43 Å². The minimum absolute atomic E-state index is 0.383. The lowest BCUT2D eigenvalue weighted by molar-refractivity contribution is 0.252. The third-order valence-electron chi connectivity index (χ3n) is 2.69. The molecule has 5 heteroatoms. The molecular formula is C15H16N4O. The number of para-hydroxylation sites is 1. The minimum atomic E-state index is -0.383. The number of nitrogens with two attached hydrogens (primary N) is 1. The van der Waals surface area contributed by atoms with E-state index in [0.717, 1.165) is 5.56 Å². The SMILES string of the molecule is C/C(=N/NC(=O)Nc1ccccc1)c1ccc(N)cc1. The van der Waals surface area contributed by atoms with Crippen LogP contribution in [0.5, 0.6) is 0 Å². The number of nitrogen functional groups attached to an aromatic ring is 1. The number of hydrogen-bond acceptors (Lipinski definition) is 3. The topological polar surface area (TPSA) is 79.5 Å². The number of nitrogens with zero attached hydrogens (tertiary/aromatic N) is 1. The van der Waals surface area contributed by atoms with E-state index in [1.807, 2.05) is 37.3 Å². The molecule has 0 bridgehead atoms. The van der Waals surface area contributed by atoms with Crippen LogP contribution in [0.2, 0.25) is 0 Å². The second-order valence-electron chi connectivity index (χ2n) is 4.25. The van der Waals surface area contributed by atoms with Crippen molar-refractivity contribution >= 4 is 23.1 Å². The number of anilines is 2. The highest BCUT2D eigenvalue weighted by Gasteiger charge is 2.01. The van der Waals surface area contributed by atoms with E-state index >= 15 is 0 Å². The Morgan fingerprint density at radius 1 is 1.05 bits per heavy atom. The lowest BCUT2D eigenvalue weighted by Gasteiger charge is -2.05. The van der Waals surface area contributed by atoms with Crippen molar-refractivity contribution in [2.45, 2.75) is 6.92 Å². The van der Waals surface area contributed by atoms with Crippen LogP contribution in [0.15, 0.2) is 59.7 Å². The molecule has 102 valence electrons. The summed E-state index contributed by atoms with van der Waals surface area (Å²) in [6.07, 6.45) is 0. The fourth-order valence-corrected chi connectivity index (χ4v) is 1.60. The van der Waals surface area contributed by atoms with Gasteiger partial charge in [-0.1, -0.05) is 30.3 Å². The van der Waals surface area contributed by atoms with Crippen molar-refractivity contribution < 1.29 is 4.79 Å². The molecule has 5 nitrogen and oxygen atoms in total. The Hall–Kier alpha value is -2.82. The highest BCUT2D eigenvalue weighted by atomic mass is 16.2. The van der Waals surface area contributed by atoms with Crippen molar-refractivity contribution in [3.05, 3.63) is 60.2 Å². The van der Waals surface area contributed by atoms with Crippen LogP contribution in [0.1, 0.15) is 12.5 Å². The Labute approximate surface area is 117 Å². The van der Waals surface area contributed by atoms with Crippen LogP contribution in [-0.2, 0) is 0 Å². The lowest BCUT2D eigenvalue weighted by atomic mass is 10.1. The van der Waals surface area contributed by atoms with Crippen LogP contribution in [0.25, 0.3) is 0 Å². The van der Waals surface area contributed by atoms with Gasteiger partial charge in [-0.25, -0.2) is 10.2 Å². The summed E-state index contributed by atoms with van der Waals surface area (Å²) in [6.45, 7) is 1.81. The average molecular weight is 268 g/mol. The summed E-state index contributed by atoms with van der Waals surface area (Å²) in [4.78, 5) is 11.7. The summed E-state index contributed by atoms with van der Waals surface area (Å²) < 4.78 is 0. The van der Waals surface area contributed by atoms with Crippen molar-refractivity contribution in [1.29, 1.82) is 0 Å². The van der Waals surface area contributed by atoms with Crippen molar-refractivity contribution in [3.63, 3.8) is 0 Å². The van der Waals surface area contributed by atoms with Gasteiger partial charge in [0.2, 0.25) is 0 Å². The Bertz CT molecular complexity index is 606. The summed E-state index contributed by atoms with van der Waals surface area (Å²) in [6, 6.07) is 16.1. The van der Waals surface area contributed by atoms with Gasteiger partial charge in [-0.15, -0.1) is 0 Å². The second-order valence-corrected chi connectivity index (χ2v) is 4.25. The van der Waals surface area contributed by atoms with Crippen LogP contribution >= 0.6 is 0 Å². The smallest absolute Gasteiger partial charge is 0.339 e. The van der Waals surface area contributed by atoms with E-state index in [-0.39, 0.29) is 6.03 Å². The van der Waals surface area contributed by atoms with Gasteiger partial charge < -0.3 is 11.1 Å². The molecule has 0 saturated carbocycles. The van der Waals surface area contributed by atoms with Gasteiger partial charge in [0, 0.05) is 11.4 Å². The van der Waals surface area contributed by atoms with E-state index in [4.69, 9.17) is 5.73 Å². The number of hydrogen-bond donors (Lipinski definition) is 3. The predicted molar refractivity (Wildman–Crippen MR) is 81.7 cm³/mol. The molecule has 0 atom stereocenters. The number of carbonyl (C=O) groups is 1. The number of hydrazone groups is 1. The van der Waals surface area contributed by atoms with Gasteiger partial charge in [0.1, 0.15) is 0 Å². The summed E-state index contributed by atoms with van der Waals surface area (Å²) in [7, 11) is 0. The van der Waals surface area contributed by atoms with Crippen LogP contribution in [0.4, 0.5) is 16.2 Å². The minimum Gasteiger partial charge on any atom is -0.399 e. The molecule has 2 aromatic carbocycles. The standard InChI is InChI=1S/C15H16N4O/c1-11(12-7-9-13(16)10-8-12)18-19-15(20)17-14-5-3-2-4-6-14/h2-10H,16H2,1H3,(H2,17,19,20)/b18-11-. The van der Waals surface area contributed by atoms with Gasteiger partial charge in [-0.3, -0.25) is 0 Å². The third-order valence-corrected chi connectivity index (χ3v) is 2.69. The third kappa shape index (κ3) is 3.84. The fraction of sp³-hybridized carbons (Fsp3) is 0.0667. The molecule has 0 aliphatic carbocycles. The zero-order valence-electron chi connectivity index (χ0n) is 11.1. The molecule has 2 amide bonds. The fourth-order valence-electron chi connectivity index (χ4n) is 1.60. The molecule has 20 heavy (non-hydrogen) atoms. The first-order chi connectivity index (χ1) is 9.65. The van der Waals surface area contributed by atoms with Gasteiger partial charge in [-0.2, -0.15) is 5.10 Å². The zero-order chi connectivity index (χ0) is 14.4. The normalized spacial score (nSPS) is 10.9. The second kappa shape index (κ2) is 6.38. The first kappa shape index (κ1) is 13.6. The Kier molecular flexibility index (Phi) is 4.34. The number of urea groups is 1. The molecular weight excluding hydrogens is 252 g/mol. The highest BCUT2D eigenvalue weighted by Crippen LogP contribution is 2.07. The number of benzene rings is 2. The molecule has 0 saturated heterocycles. The van der Waals surface area contributed by atoms with Crippen molar-refractivity contribution in [2.24, 2.45) is 5.10 Å². The van der Waals surface area contributed by atoms with E-state index in [2.05, 4.69) is 15.8 Å². The Balaban J connectivity index is 1.95. The molecule has 0 radical (unpaired) electrons. The van der Waals surface area contributed by atoms with Gasteiger partial charge in [-0.05, 0) is 36.8 Å². The first-order valence-corrected chi connectivity index (χ1v) is 6.17. The summed E-state index contributed by atoms with van der Waals surface area (Å²) in [5.41, 5.74) is 11.1. The summed E-state index contributed by atoms with van der Waals surface area (Å²) in [5.74, 6) is 0. The van der Waals surface area contributed by atoms with E-state index in [1.165, 1.54) is 0 Å². The van der Waals surface area contributed by atoms with Crippen LogP contribution < -0.4 is 16.5 Å². The van der Waals surface area contributed by atoms with Crippen LogP contribution in [-0.4, -0.2) is 11.7 Å². The molecule has 0 spiro atoms. The largest absolute Gasteiger partial charge is 0.399 e. The molecule has 2 aromatic rings. The van der Waals surface area contributed by atoms with Gasteiger partial charge in [0.25, 0.3) is 0 Å². The van der Waals surface area contributed by atoms with Crippen molar-refractivity contribution in [3.8, 4) is 0 Å². The van der Waals surface area contributed by atoms with Gasteiger partial charge in [0.15, 0.2) is 0 Å². The lowest BCUT2D eigenvalue weighted by Crippen LogP contribution is -2.25. The molecule has 0 fully saturated rings. The average Bonchev–Trinajstić information content (AvgIpc) is 2.46. The van der Waals surface area contributed by atoms with E-state index < -0.39 is 0 Å². The van der Waals surface area contributed by atoms with E-state index in [0.29, 0.717) is 17.1 Å². The maximum Gasteiger partial charge on any atom is 0.339 e. The molecule has 0 aliphatic rings. The number of carbonyl (C=O) groups excluding carboxylic acids is 1. The summed E-state index contributed by atoms with van der Waals surface area (Å²) in [5, 5.41) is 6.71. The maximum atomic E-state index is 11.7. The van der Waals surface area contributed by atoms with Crippen molar-refractivity contribution in [2.75, 3.05) is 11.1 Å². The van der Waals surface area contributed by atoms with E-state index in [9.17, 15) is 4.79 Å². The number of nitrogens with one attached hydrogen (secondary N) is 2. The first-order valence-electron chi connectivity index (χ1n) is 6.17. The molecule has 0 unspecified atom stereocenters. The molecule has 0 heterocycles. The quantitative estimate of drug-likeness (QED) is 0.454. The highest BCUT2D eigenvalue weighted by molar-refractivity contribution is 6.00. The Morgan fingerprint density at radius 2 is 1.70 bits per heavy atom. The van der Waals surface area contributed by atoms with E-state index in [1.54, 1.807) is 24.3 Å². The van der Waals surface area contributed by atoms with Crippen LogP contribution in [0.3, 0.4) is 0 Å². The number of rotatable bonds is 3. The zero-order valence-corrected chi connectivity index (χ0v) is 11.1. The Morgan fingerprint density at radius 3 is 2.35 bits per heavy atom. The molecule has 0 aliphatic heterocycles. The molecule has 2 rings (SSSR count).